The molecule has 7 nitrogen and oxygen atoms in total. The van der Waals surface area contributed by atoms with Gasteiger partial charge in [-0.1, -0.05) is 17.7 Å². The molecule has 2 heterocycles. The van der Waals surface area contributed by atoms with Crippen molar-refractivity contribution >= 4 is 27.9 Å². The van der Waals surface area contributed by atoms with Gasteiger partial charge in [0.2, 0.25) is 11.2 Å². The van der Waals surface area contributed by atoms with E-state index in [1.165, 1.54) is 30.5 Å². The van der Waals surface area contributed by atoms with Gasteiger partial charge in [0.15, 0.2) is 0 Å². The molecule has 0 bridgehead atoms. The lowest BCUT2D eigenvalue weighted by molar-refractivity contribution is 0.0733. The van der Waals surface area contributed by atoms with Gasteiger partial charge in [0, 0.05) is 23.6 Å². The average Bonchev–Trinajstić information content (AvgIpc) is 2.80. The van der Waals surface area contributed by atoms with Gasteiger partial charge >= 0.3 is 11.6 Å². The molecule has 5 aromatic rings. The first-order valence-electron chi connectivity index (χ1n) is 11.3. The van der Waals surface area contributed by atoms with Crippen LogP contribution in [0, 0.1) is 27.7 Å². The van der Waals surface area contributed by atoms with E-state index in [1.807, 2.05) is 39.8 Å². The zero-order valence-electron chi connectivity index (χ0n) is 20.1. The highest BCUT2D eigenvalue weighted by atomic mass is 16.5. The molecule has 0 unspecified atom stereocenters. The molecule has 0 aliphatic carbocycles. The van der Waals surface area contributed by atoms with Gasteiger partial charge < -0.3 is 18.3 Å². The van der Waals surface area contributed by atoms with E-state index in [4.69, 9.17) is 18.3 Å². The Morgan fingerprint density at radius 1 is 0.750 bits per heavy atom. The maximum atomic E-state index is 13.0. The zero-order valence-corrected chi connectivity index (χ0v) is 20.1. The predicted molar refractivity (Wildman–Crippen MR) is 135 cm³/mol. The highest BCUT2D eigenvalue weighted by Crippen LogP contribution is 2.28. The molecule has 7 heteroatoms. The van der Waals surface area contributed by atoms with Crippen LogP contribution in [0.2, 0.25) is 0 Å². The standard InChI is InChI=1S/C29H22O7/c1-15-9-17(3)27(18(4)10-15)29(32)35-20-6-8-22-23(12-20)33-14-25(28(22)31)34-19-5-7-21-16(2)11-26(30)36-24(21)13-19/h5-14H,1-4H3. The molecule has 0 N–H and O–H groups in total. The van der Waals surface area contributed by atoms with E-state index in [0.717, 1.165) is 27.6 Å². The lowest BCUT2D eigenvalue weighted by atomic mass is 10.00. The van der Waals surface area contributed by atoms with Crippen LogP contribution in [0.4, 0.5) is 0 Å². The van der Waals surface area contributed by atoms with Crippen LogP contribution in [-0.4, -0.2) is 5.97 Å². The molecule has 0 saturated carbocycles. The van der Waals surface area contributed by atoms with Gasteiger partial charge in [0.1, 0.15) is 28.9 Å². The van der Waals surface area contributed by atoms with Gasteiger partial charge in [-0.25, -0.2) is 9.59 Å². The van der Waals surface area contributed by atoms with Crippen LogP contribution in [-0.2, 0) is 0 Å². The van der Waals surface area contributed by atoms with Crippen molar-refractivity contribution in [1.29, 1.82) is 0 Å². The SMILES string of the molecule is Cc1cc(C)c(C(=O)Oc2ccc3c(=O)c(Oc4ccc5c(C)cc(=O)oc5c4)coc3c2)c(C)c1. The first-order valence-corrected chi connectivity index (χ1v) is 11.3. The van der Waals surface area contributed by atoms with Gasteiger partial charge in [-0.2, -0.15) is 0 Å². The molecule has 0 aliphatic rings. The summed E-state index contributed by atoms with van der Waals surface area (Å²) in [7, 11) is 0. The van der Waals surface area contributed by atoms with Crippen LogP contribution in [0.3, 0.4) is 0 Å². The van der Waals surface area contributed by atoms with E-state index in [-0.39, 0.29) is 22.5 Å². The van der Waals surface area contributed by atoms with E-state index in [2.05, 4.69) is 0 Å². The molecular formula is C29H22O7. The number of carbonyl (C=O) groups excluding carboxylic acids is 1. The quantitative estimate of drug-likeness (QED) is 0.172. The lowest BCUT2D eigenvalue weighted by Crippen LogP contribution is -2.12. The number of carbonyl (C=O) groups is 1. The van der Waals surface area contributed by atoms with E-state index >= 15 is 0 Å². The molecule has 180 valence electrons. The van der Waals surface area contributed by atoms with E-state index in [1.54, 1.807) is 18.2 Å². The summed E-state index contributed by atoms with van der Waals surface area (Å²) in [4.78, 5) is 37.5. The van der Waals surface area contributed by atoms with Crippen molar-refractivity contribution in [1.82, 2.24) is 0 Å². The van der Waals surface area contributed by atoms with Crippen LogP contribution in [0.1, 0.15) is 32.6 Å². The van der Waals surface area contributed by atoms with Crippen LogP contribution < -0.4 is 20.5 Å². The Morgan fingerprint density at radius 2 is 1.42 bits per heavy atom. The number of ether oxygens (including phenoxy) is 2. The average molecular weight is 482 g/mol. The summed E-state index contributed by atoms with van der Waals surface area (Å²) in [6.07, 6.45) is 1.20. The number of aryl methyl sites for hydroxylation is 4. The van der Waals surface area contributed by atoms with Crippen molar-refractivity contribution in [2.24, 2.45) is 0 Å². The zero-order chi connectivity index (χ0) is 25.6. The minimum absolute atomic E-state index is 0.0347. The molecule has 0 saturated heterocycles. The Bertz CT molecular complexity index is 1770. The molecule has 3 aromatic carbocycles. The molecule has 0 fully saturated rings. The molecule has 2 aromatic heterocycles. The van der Waals surface area contributed by atoms with Gasteiger partial charge in [-0.3, -0.25) is 4.79 Å². The fraction of sp³-hybridized carbons (Fsp3) is 0.138. The van der Waals surface area contributed by atoms with Crippen molar-refractivity contribution in [3.8, 4) is 17.2 Å². The monoisotopic (exact) mass is 482 g/mol. The predicted octanol–water partition coefficient (Wildman–Crippen LogP) is 6.14. The highest BCUT2D eigenvalue weighted by Gasteiger charge is 2.17. The number of hydrogen-bond acceptors (Lipinski definition) is 7. The van der Waals surface area contributed by atoms with E-state index in [0.29, 0.717) is 16.9 Å². The van der Waals surface area contributed by atoms with Crippen molar-refractivity contribution in [3.05, 3.63) is 109 Å². The molecule has 36 heavy (non-hydrogen) atoms. The van der Waals surface area contributed by atoms with Gasteiger partial charge in [0.05, 0.1) is 10.9 Å². The first kappa shape index (κ1) is 23.1. The molecule has 0 radical (unpaired) electrons. The maximum absolute atomic E-state index is 13.0. The van der Waals surface area contributed by atoms with Gasteiger partial charge in [-0.05, 0) is 68.7 Å². The number of benzene rings is 3. The van der Waals surface area contributed by atoms with Crippen LogP contribution in [0.25, 0.3) is 21.9 Å². The van der Waals surface area contributed by atoms with Gasteiger partial charge in [0.25, 0.3) is 0 Å². The summed E-state index contributed by atoms with van der Waals surface area (Å²) < 4.78 is 22.2. The Morgan fingerprint density at radius 3 is 2.17 bits per heavy atom. The Kier molecular flexibility index (Phi) is 5.68. The topological polar surface area (TPSA) is 96.0 Å². The summed E-state index contributed by atoms with van der Waals surface area (Å²) >= 11 is 0. The van der Waals surface area contributed by atoms with E-state index in [9.17, 15) is 14.4 Å². The summed E-state index contributed by atoms with van der Waals surface area (Å²) in [6, 6.07) is 14.8. The number of rotatable bonds is 4. The number of esters is 1. The second-order valence-electron chi connectivity index (χ2n) is 8.76. The summed E-state index contributed by atoms with van der Waals surface area (Å²) in [5.41, 5.74) is 3.74. The molecule has 0 spiro atoms. The highest BCUT2D eigenvalue weighted by molar-refractivity contribution is 5.94. The van der Waals surface area contributed by atoms with Crippen molar-refractivity contribution in [2.45, 2.75) is 27.7 Å². The minimum atomic E-state index is -0.482. The molecule has 0 amide bonds. The van der Waals surface area contributed by atoms with Crippen LogP contribution >= 0.6 is 0 Å². The second kappa shape index (κ2) is 8.85. The number of fused-ring (bicyclic) bond motifs is 2. The number of hydrogen-bond donors (Lipinski definition) is 0. The summed E-state index contributed by atoms with van der Waals surface area (Å²) in [5.74, 6) is 0.0539. The minimum Gasteiger partial charge on any atom is -0.460 e. The van der Waals surface area contributed by atoms with Gasteiger partial charge in [-0.15, -0.1) is 0 Å². The molecular weight excluding hydrogens is 460 g/mol. The molecule has 0 atom stereocenters. The summed E-state index contributed by atoms with van der Waals surface area (Å²) in [6.45, 7) is 7.51. The van der Waals surface area contributed by atoms with Crippen molar-refractivity contribution < 1.29 is 23.1 Å². The normalized spacial score (nSPS) is 11.1. The van der Waals surface area contributed by atoms with E-state index < -0.39 is 17.0 Å². The third-order valence-corrected chi connectivity index (χ3v) is 5.96. The summed E-state index contributed by atoms with van der Waals surface area (Å²) in [5, 5.41) is 1.03. The lowest BCUT2D eigenvalue weighted by Gasteiger charge is -2.11. The molecule has 5 rings (SSSR count). The second-order valence-corrected chi connectivity index (χ2v) is 8.76. The largest absolute Gasteiger partial charge is 0.460 e. The van der Waals surface area contributed by atoms with Crippen molar-refractivity contribution in [3.63, 3.8) is 0 Å². The third-order valence-electron chi connectivity index (χ3n) is 5.96. The van der Waals surface area contributed by atoms with Crippen LogP contribution in [0.15, 0.2) is 79.3 Å². The Hall–Kier alpha value is -4.65. The fourth-order valence-corrected chi connectivity index (χ4v) is 4.38. The fourth-order valence-electron chi connectivity index (χ4n) is 4.38. The Labute approximate surface area is 205 Å². The smallest absolute Gasteiger partial charge is 0.344 e. The van der Waals surface area contributed by atoms with Crippen LogP contribution in [0.5, 0.6) is 17.2 Å². The first-order chi connectivity index (χ1) is 17.2. The molecule has 0 aliphatic heterocycles. The third kappa shape index (κ3) is 4.27. The maximum Gasteiger partial charge on any atom is 0.344 e. The Balaban J connectivity index is 1.43. The van der Waals surface area contributed by atoms with Crippen molar-refractivity contribution in [2.75, 3.05) is 0 Å².